The fourth-order valence-corrected chi connectivity index (χ4v) is 1.83. The van der Waals surface area contributed by atoms with E-state index in [1.807, 2.05) is 0 Å². The lowest BCUT2D eigenvalue weighted by Gasteiger charge is -2.20. The molecule has 2 N–H and O–H groups in total. The summed E-state index contributed by atoms with van der Waals surface area (Å²) < 4.78 is 0. The third kappa shape index (κ3) is 3.08. The highest BCUT2D eigenvalue weighted by Gasteiger charge is 2.24. The van der Waals surface area contributed by atoms with Crippen molar-refractivity contribution in [3.63, 3.8) is 0 Å². The average molecular weight is 271 g/mol. The molecule has 0 aromatic carbocycles. The fraction of sp³-hybridized carbons (Fsp3) is 0.545. The minimum Gasteiger partial charge on any atom is -0.391 e. The molecule has 0 bridgehead atoms. The van der Waals surface area contributed by atoms with Crippen LogP contribution in [0.2, 0.25) is 5.15 Å². The van der Waals surface area contributed by atoms with Crippen LogP contribution in [0.1, 0.15) is 18.4 Å². The number of carbonyl (C=O) groups excluding carboxylic acids is 1. The topological polar surface area (TPSA) is 78.4 Å². The Hall–Kier alpha value is -1.40. The van der Waals surface area contributed by atoms with Gasteiger partial charge in [0.05, 0.1) is 18.7 Å². The summed E-state index contributed by atoms with van der Waals surface area (Å²) in [5.41, 5.74) is 0.431. The molecule has 1 saturated carbocycles. The van der Waals surface area contributed by atoms with E-state index in [2.05, 4.69) is 15.3 Å². The van der Waals surface area contributed by atoms with Gasteiger partial charge in [0.25, 0.3) is 0 Å². The van der Waals surface area contributed by atoms with Crippen molar-refractivity contribution in [1.82, 2.24) is 15.3 Å². The standard InChI is InChI=1S/C11H15ClN4O2/c1-16(4-9(18)15-7-2-3-7)11-8(5-17)10(12)13-6-14-11/h6-7,17H,2-5H2,1H3,(H,15,18). The van der Waals surface area contributed by atoms with Crippen LogP contribution >= 0.6 is 11.6 Å². The van der Waals surface area contributed by atoms with E-state index >= 15 is 0 Å². The SMILES string of the molecule is CN(CC(=O)NC1CC1)c1ncnc(Cl)c1CO. The van der Waals surface area contributed by atoms with Crippen molar-refractivity contribution >= 4 is 23.3 Å². The third-order valence-corrected chi connectivity index (χ3v) is 3.04. The number of halogens is 1. The maximum atomic E-state index is 11.7. The summed E-state index contributed by atoms with van der Waals surface area (Å²) in [7, 11) is 1.73. The second-order valence-electron chi connectivity index (χ2n) is 4.32. The van der Waals surface area contributed by atoms with Crippen molar-refractivity contribution in [2.75, 3.05) is 18.5 Å². The van der Waals surface area contributed by atoms with Crippen molar-refractivity contribution in [2.24, 2.45) is 0 Å². The van der Waals surface area contributed by atoms with Crippen LogP contribution in [-0.4, -0.2) is 40.6 Å². The molecule has 1 aromatic rings. The quantitative estimate of drug-likeness (QED) is 0.755. The lowest BCUT2D eigenvalue weighted by atomic mass is 10.3. The van der Waals surface area contributed by atoms with Gasteiger partial charge in [-0.2, -0.15) is 0 Å². The first-order valence-electron chi connectivity index (χ1n) is 5.72. The van der Waals surface area contributed by atoms with Crippen LogP contribution in [0.5, 0.6) is 0 Å². The van der Waals surface area contributed by atoms with E-state index < -0.39 is 0 Å². The van der Waals surface area contributed by atoms with E-state index in [0.717, 1.165) is 12.8 Å². The first kappa shape index (κ1) is 13.0. The average Bonchev–Trinajstić information content (AvgIpc) is 3.12. The van der Waals surface area contributed by atoms with Gasteiger partial charge in [0, 0.05) is 13.1 Å². The molecule has 0 radical (unpaired) electrons. The number of nitrogens with one attached hydrogen (secondary N) is 1. The number of aromatic nitrogens is 2. The third-order valence-electron chi connectivity index (χ3n) is 2.71. The molecular formula is C11H15ClN4O2. The maximum absolute atomic E-state index is 11.7. The molecule has 0 atom stereocenters. The predicted molar refractivity (Wildman–Crippen MR) is 67.4 cm³/mol. The number of nitrogens with zero attached hydrogens (tertiary/aromatic N) is 3. The number of carbonyl (C=O) groups is 1. The molecule has 1 aliphatic rings. The number of aliphatic hydroxyl groups is 1. The van der Waals surface area contributed by atoms with Gasteiger partial charge in [0.2, 0.25) is 5.91 Å². The Morgan fingerprint density at radius 3 is 2.94 bits per heavy atom. The van der Waals surface area contributed by atoms with Gasteiger partial charge in [-0.3, -0.25) is 4.79 Å². The minimum atomic E-state index is -0.260. The highest BCUT2D eigenvalue weighted by atomic mass is 35.5. The van der Waals surface area contributed by atoms with Gasteiger partial charge in [0.1, 0.15) is 17.3 Å². The zero-order valence-electron chi connectivity index (χ0n) is 10.1. The number of amides is 1. The Bertz CT molecular complexity index is 451. The Morgan fingerprint density at radius 2 is 2.33 bits per heavy atom. The lowest BCUT2D eigenvalue weighted by molar-refractivity contribution is -0.119. The van der Waals surface area contributed by atoms with Crippen LogP contribution in [0, 0.1) is 0 Å². The summed E-state index contributed by atoms with van der Waals surface area (Å²) in [6.45, 7) is -0.0829. The molecule has 6 nitrogen and oxygen atoms in total. The summed E-state index contributed by atoms with van der Waals surface area (Å²) in [5.74, 6) is 0.419. The molecule has 18 heavy (non-hydrogen) atoms. The van der Waals surface area contributed by atoms with E-state index in [1.165, 1.54) is 6.33 Å². The molecule has 0 aliphatic heterocycles. The van der Waals surface area contributed by atoms with Crippen LogP contribution in [0.4, 0.5) is 5.82 Å². The molecular weight excluding hydrogens is 256 g/mol. The summed E-state index contributed by atoms with van der Waals surface area (Å²) >= 11 is 5.87. The summed E-state index contributed by atoms with van der Waals surface area (Å²) in [6.07, 6.45) is 3.42. The van der Waals surface area contributed by atoms with E-state index in [1.54, 1.807) is 11.9 Å². The molecule has 0 saturated heterocycles. The summed E-state index contributed by atoms with van der Waals surface area (Å²) in [6, 6.07) is 0.331. The second kappa shape index (κ2) is 5.49. The van der Waals surface area contributed by atoms with E-state index in [4.69, 9.17) is 11.6 Å². The monoisotopic (exact) mass is 270 g/mol. The van der Waals surface area contributed by atoms with Gasteiger partial charge in [0.15, 0.2) is 0 Å². The highest BCUT2D eigenvalue weighted by molar-refractivity contribution is 6.30. The van der Waals surface area contributed by atoms with Crippen molar-refractivity contribution < 1.29 is 9.90 Å². The number of hydrogen-bond acceptors (Lipinski definition) is 5. The van der Waals surface area contributed by atoms with Gasteiger partial charge >= 0.3 is 0 Å². The van der Waals surface area contributed by atoms with Crippen LogP contribution in [0.25, 0.3) is 0 Å². The fourth-order valence-electron chi connectivity index (χ4n) is 1.64. The summed E-state index contributed by atoms with van der Waals surface area (Å²) in [4.78, 5) is 21.2. The van der Waals surface area contributed by atoms with Crippen molar-refractivity contribution in [2.45, 2.75) is 25.5 Å². The maximum Gasteiger partial charge on any atom is 0.239 e. The van der Waals surface area contributed by atoms with Crippen LogP contribution in [0.15, 0.2) is 6.33 Å². The predicted octanol–water partition coefficient (Wildman–Crippen LogP) is 0.337. The normalized spacial score (nSPS) is 14.4. The van der Waals surface area contributed by atoms with E-state index in [9.17, 15) is 9.90 Å². The number of aliphatic hydroxyl groups excluding tert-OH is 1. The zero-order valence-corrected chi connectivity index (χ0v) is 10.8. The van der Waals surface area contributed by atoms with Gasteiger partial charge in [-0.15, -0.1) is 0 Å². The number of likely N-dealkylation sites (N-methyl/N-ethyl adjacent to an activating group) is 1. The molecule has 2 rings (SSSR count). The molecule has 1 heterocycles. The first-order chi connectivity index (χ1) is 8.61. The van der Waals surface area contributed by atoms with Crippen LogP contribution in [0.3, 0.4) is 0 Å². The van der Waals surface area contributed by atoms with Crippen molar-refractivity contribution in [1.29, 1.82) is 0 Å². The van der Waals surface area contributed by atoms with Gasteiger partial charge in [-0.1, -0.05) is 11.6 Å². The number of rotatable bonds is 5. The van der Waals surface area contributed by atoms with Gasteiger partial charge in [-0.05, 0) is 12.8 Å². The summed E-state index contributed by atoms with van der Waals surface area (Å²) in [5, 5.41) is 12.3. The molecule has 1 aromatic heterocycles. The second-order valence-corrected chi connectivity index (χ2v) is 4.68. The first-order valence-corrected chi connectivity index (χ1v) is 6.10. The van der Waals surface area contributed by atoms with Crippen molar-refractivity contribution in [3.05, 3.63) is 17.0 Å². The van der Waals surface area contributed by atoms with E-state index in [0.29, 0.717) is 17.4 Å². The largest absolute Gasteiger partial charge is 0.391 e. The zero-order chi connectivity index (χ0) is 13.1. The molecule has 1 fully saturated rings. The Morgan fingerprint density at radius 1 is 1.61 bits per heavy atom. The number of anilines is 1. The molecule has 98 valence electrons. The van der Waals surface area contributed by atoms with Crippen LogP contribution in [-0.2, 0) is 11.4 Å². The Labute approximate surface area is 110 Å². The smallest absolute Gasteiger partial charge is 0.239 e. The van der Waals surface area contributed by atoms with Gasteiger partial charge in [-0.25, -0.2) is 9.97 Å². The molecule has 0 spiro atoms. The molecule has 1 aliphatic carbocycles. The molecule has 0 unspecified atom stereocenters. The Balaban J connectivity index is 2.05. The number of hydrogen-bond donors (Lipinski definition) is 2. The molecule has 1 amide bonds. The minimum absolute atomic E-state index is 0.0568. The lowest BCUT2D eigenvalue weighted by Crippen LogP contribution is -2.37. The van der Waals surface area contributed by atoms with E-state index in [-0.39, 0.29) is 24.2 Å². The van der Waals surface area contributed by atoms with Gasteiger partial charge < -0.3 is 15.3 Å². The Kier molecular flexibility index (Phi) is 3.98. The molecule has 7 heteroatoms. The van der Waals surface area contributed by atoms with Crippen LogP contribution < -0.4 is 10.2 Å². The highest BCUT2D eigenvalue weighted by Crippen LogP contribution is 2.22. The van der Waals surface area contributed by atoms with Crippen molar-refractivity contribution in [3.8, 4) is 0 Å².